The van der Waals surface area contributed by atoms with Crippen molar-refractivity contribution in [3.05, 3.63) is 61.1 Å². The number of aromatic nitrogens is 3. The second-order valence-corrected chi connectivity index (χ2v) is 4.37. The Hall–Kier alpha value is -2.42. The third-order valence-corrected chi connectivity index (χ3v) is 3.14. The molecule has 0 bridgehead atoms. The van der Waals surface area contributed by atoms with Crippen LogP contribution in [0.4, 0.5) is 0 Å². The molecule has 0 atom stereocenters. The van der Waals surface area contributed by atoms with Gasteiger partial charge in [-0.05, 0) is 42.3 Å². The minimum atomic E-state index is 0.893. The van der Waals surface area contributed by atoms with Crippen molar-refractivity contribution >= 4 is 0 Å². The van der Waals surface area contributed by atoms with E-state index in [0.29, 0.717) is 0 Å². The summed E-state index contributed by atoms with van der Waals surface area (Å²) < 4.78 is 1.94. The van der Waals surface area contributed by atoms with Gasteiger partial charge in [-0.1, -0.05) is 18.2 Å². The van der Waals surface area contributed by atoms with Crippen LogP contribution in [-0.4, -0.2) is 14.8 Å². The monoisotopic (exact) mass is 249 g/mol. The van der Waals surface area contributed by atoms with Gasteiger partial charge in [-0.15, -0.1) is 0 Å². The Labute approximate surface area is 112 Å². The molecule has 0 amide bonds. The SMILES string of the molecule is CCn1ccc(-c2cccc(-c3ccncc3)c2)n1. The lowest BCUT2D eigenvalue weighted by atomic mass is 10.0. The minimum absolute atomic E-state index is 0.893. The minimum Gasteiger partial charge on any atom is -0.272 e. The van der Waals surface area contributed by atoms with Crippen LogP contribution in [0.1, 0.15) is 6.92 Å². The van der Waals surface area contributed by atoms with Gasteiger partial charge in [-0.2, -0.15) is 5.10 Å². The Kier molecular flexibility index (Phi) is 3.11. The molecular formula is C16H15N3. The molecule has 0 aliphatic heterocycles. The number of hydrogen-bond donors (Lipinski definition) is 0. The van der Waals surface area contributed by atoms with Crippen molar-refractivity contribution in [2.75, 3.05) is 0 Å². The van der Waals surface area contributed by atoms with Crippen LogP contribution in [0.15, 0.2) is 61.1 Å². The molecule has 19 heavy (non-hydrogen) atoms. The highest BCUT2D eigenvalue weighted by Crippen LogP contribution is 2.24. The first kappa shape index (κ1) is 11.7. The Morgan fingerprint density at radius 2 is 1.74 bits per heavy atom. The Morgan fingerprint density at radius 3 is 2.47 bits per heavy atom. The normalized spacial score (nSPS) is 10.6. The summed E-state index contributed by atoms with van der Waals surface area (Å²) in [4.78, 5) is 4.05. The molecule has 0 saturated heterocycles. The molecular weight excluding hydrogens is 234 g/mol. The third-order valence-electron chi connectivity index (χ3n) is 3.14. The Balaban J connectivity index is 2.00. The summed E-state index contributed by atoms with van der Waals surface area (Å²) >= 11 is 0. The van der Waals surface area contributed by atoms with Crippen molar-refractivity contribution in [1.29, 1.82) is 0 Å². The highest BCUT2D eigenvalue weighted by atomic mass is 15.3. The van der Waals surface area contributed by atoms with E-state index in [1.807, 2.05) is 35.4 Å². The molecule has 0 aliphatic rings. The van der Waals surface area contributed by atoms with E-state index < -0.39 is 0 Å². The quantitative estimate of drug-likeness (QED) is 0.709. The number of hydrogen-bond acceptors (Lipinski definition) is 2. The van der Waals surface area contributed by atoms with Gasteiger partial charge in [0.15, 0.2) is 0 Å². The Morgan fingerprint density at radius 1 is 0.947 bits per heavy atom. The van der Waals surface area contributed by atoms with Crippen molar-refractivity contribution in [3.8, 4) is 22.4 Å². The van der Waals surface area contributed by atoms with E-state index in [2.05, 4.69) is 47.3 Å². The number of nitrogens with zero attached hydrogens (tertiary/aromatic N) is 3. The highest BCUT2D eigenvalue weighted by Gasteiger charge is 2.04. The molecule has 2 heterocycles. The highest BCUT2D eigenvalue weighted by molar-refractivity contribution is 5.70. The Bertz CT molecular complexity index is 671. The average Bonchev–Trinajstić information content (AvgIpc) is 2.97. The van der Waals surface area contributed by atoms with E-state index in [0.717, 1.165) is 17.8 Å². The average molecular weight is 249 g/mol. The lowest BCUT2D eigenvalue weighted by Crippen LogP contribution is -1.93. The van der Waals surface area contributed by atoms with Crippen molar-refractivity contribution in [1.82, 2.24) is 14.8 Å². The van der Waals surface area contributed by atoms with Gasteiger partial charge < -0.3 is 0 Å². The summed E-state index contributed by atoms with van der Waals surface area (Å²) in [5, 5.41) is 4.54. The van der Waals surface area contributed by atoms with Gasteiger partial charge in [0.2, 0.25) is 0 Å². The van der Waals surface area contributed by atoms with Gasteiger partial charge in [-0.25, -0.2) is 0 Å². The molecule has 94 valence electrons. The fraction of sp³-hybridized carbons (Fsp3) is 0.125. The zero-order valence-electron chi connectivity index (χ0n) is 10.8. The molecule has 0 unspecified atom stereocenters. The smallest absolute Gasteiger partial charge is 0.0923 e. The van der Waals surface area contributed by atoms with Gasteiger partial charge in [0.25, 0.3) is 0 Å². The van der Waals surface area contributed by atoms with Gasteiger partial charge in [0.05, 0.1) is 5.69 Å². The lowest BCUT2D eigenvalue weighted by Gasteiger charge is -2.03. The summed E-state index contributed by atoms with van der Waals surface area (Å²) in [6, 6.07) is 14.5. The molecule has 3 aromatic rings. The van der Waals surface area contributed by atoms with Crippen molar-refractivity contribution in [2.24, 2.45) is 0 Å². The summed E-state index contributed by atoms with van der Waals surface area (Å²) in [6.07, 6.45) is 5.63. The lowest BCUT2D eigenvalue weighted by molar-refractivity contribution is 0.662. The maximum atomic E-state index is 4.54. The van der Waals surface area contributed by atoms with E-state index in [4.69, 9.17) is 0 Å². The number of benzene rings is 1. The fourth-order valence-corrected chi connectivity index (χ4v) is 2.09. The number of pyridine rings is 1. The second kappa shape index (κ2) is 5.06. The van der Waals surface area contributed by atoms with Crippen molar-refractivity contribution in [3.63, 3.8) is 0 Å². The molecule has 0 aliphatic carbocycles. The summed E-state index contributed by atoms with van der Waals surface area (Å²) in [5.74, 6) is 0. The predicted octanol–water partition coefficient (Wildman–Crippen LogP) is 3.63. The summed E-state index contributed by atoms with van der Waals surface area (Å²) in [6.45, 7) is 2.98. The summed E-state index contributed by atoms with van der Waals surface area (Å²) in [7, 11) is 0. The van der Waals surface area contributed by atoms with E-state index in [1.54, 1.807) is 0 Å². The first-order valence-corrected chi connectivity index (χ1v) is 6.41. The standard InChI is InChI=1S/C16H15N3/c1-2-19-11-8-16(18-19)15-5-3-4-14(12-15)13-6-9-17-10-7-13/h3-12H,2H2,1H3. The van der Waals surface area contributed by atoms with E-state index in [9.17, 15) is 0 Å². The molecule has 0 N–H and O–H groups in total. The zero-order valence-corrected chi connectivity index (χ0v) is 10.8. The van der Waals surface area contributed by atoms with E-state index in [1.165, 1.54) is 11.1 Å². The predicted molar refractivity (Wildman–Crippen MR) is 76.6 cm³/mol. The van der Waals surface area contributed by atoms with Gasteiger partial charge >= 0.3 is 0 Å². The molecule has 0 fully saturated rings. The topological polar surface area (TPSA) is 30.7 Å². The van der Waals surface area contributed by atoms with Gasteiger partial charge in [0, 0.05) is 30.7 Å². The largest absolute Gasteiger partial charge is 0.272 e. The van der Waals surface area contributed by atoms with Crippen LogP contribution in [0.2, 0.25) is 0 Å². The van der Waals surface area contributed by atoms with Gasteiger partial charge in [-0.3, -0.25) is 9.67 Å². The molecule has 1 aromatic carbocycles. The zero-order chi connectivity index (χ0) is 13.1. The van der Waals surface area contributed by atoms with E-state index in [-0.39, 0.29) is 0 Å². The molecule has 3 heteroatoms. The van der Waals surface area contributed by atoms with Crippen LogP contribution in [0, 0.1) is 0 Å². The van der Waals surface area contributed by atoms with Crippen LogP contribution in [0.3, 0.4) is 0 Å². The molecule has 0 saturated carbocycles. The van der Waals surface area contributed by atoms with Crippen molar-refractivity contribution < 1.29 is 0 Å². The van der Waals surface area contributed by atoms with Crippen LogP contribution in [0.5, 0.6) is 0 Å². The van der Waals surface area contributed by atoms with Crippen LogP contribution in [0.25, 0.3) is 22.4 Å². The van der Waals surface area contributed by atoms with E-state index >= 15 is 0 Å². The molecule has 3 rings (SSSR count). The fourth-order valence-electron chi connectivity index (χ4n) is 2.09. The van der Waals surface area contributed by atoms with Crippen LogP contribution < -0.4 is 0 Å². The van der Waals surface area contributed by atoms with Crippen molar-refractivity contribution in [2.45, 2.75) is 13.5 Å². The number of aryl methyl sites for hydroxylation is 1. The van der Waals surface area contributed by atoms with Crippen LogP contribution in [-0.2, 0) is 6.54 Å². The summed E-state index contributed by atoms with van der Waals surface area (Å²) in [5.41, 5.74) is 4.51. The third kappa shape index (κ3) is 2.40. The maximum Gasteiger partial charge on any atom is 0.0923 e. The first-order valence-electron chi connectivity index (χ1n) is 6.41. The number of rotatable bonds is 3. The maximum absolute atomic E-state index is 4.54. The first-order chi connectivity index (χ1) is 9.36. The van der Waals surface area contributed by atoms with Gasteiger partial charge in [0.1, 0.15) is 0 Å². The molecule has 2 aromatic heterocycles. The van der Waals surface area contributed by atoms with Crippen LogP contribution >= 0.6 is 0 Å². The molecule has 0 radical (unpaired) electrons. The second-order valence-electron chi connectivity index (χ2n) is 4.37. The molecule has 0 spiro atoms. The molecule has 3 nitrogen and oxygen atoms in total.